The van der Waals surface area contributed by atoms with Gasteiger partial charge in [0.05, 0.1) is 67.0 Å². The second-order valence-electron chi connectivity index (χ2n) is 11.0. The van der Waals surface area contributed by atoms with Crippen LogP contribution in [0.25, 0.3) is 11.1 Å². The quantitative estimate of drug-likeness (QED) is 0.206. The first-order valence-corrected chi connectivity index (χ1v) is 15.6. The summed E-state index contributed by atoms with van der Waals surface area (Å²) >= 11 is 3.33. The van der Waals surface area contributed by atoms with Crippen molar-refractivity contribution >= 4 is 41.2 Å². The fourth-order valence-corrected chi connectivity index (χ4v) is 4.56. The van der Waals surface area contributed by atoms with Crippen molar-refractivity contribution in [3.05, 3.63) is 75.9 Å². The summed E-state index contributed by atoms with van der Waals surface area (Å²) in [6.07, 6.45) is 7.36. The molecule has 46 heavy (non-hydrogen) atoms. The highest BCUT2D eigenvalue weighted by molar-refractivity contribution is 9.10. The lowest BCUT2D eigenvalue weighted by molar-refractivity contribution is 0.00578. The van der Waals surface area contributed by atoms with E-state index in [1.54, 1.807) is 42.7 Å². The number of hydrogen-bond acceptors (Lipinski definition) is 10. The van der Waals surface area contributed by atoms with Gasteiger partial charge in [0.25, 0.3) is 0 Å². The van der Waals surface area contributed by atoms with Crippen molar-refractivity contribution < 1.29 is 37.8 Å². The minimum atomic E-state index is -0.380. The zero-order valence-corrected chi connectivity index (χ0v) is 29.1. The molecule has 5 rings (SSSR count). The van der Waals surface area contributed by atoms with Crippen LogP contribution in [0.1, 0.15) is 62.3 Å². The van der Waals surface area contributed by atoms with Crippen LogP contribution in [-0.2, 0) is 18.8 Å². The Morgan fingerprint density at radius 1 is 0.913 bits per heavy atom. The number of hydrogen-bond donors (Lipinski definition) is 1. The Morgan fingerprint density at radius 3 is 1.98 bits per heavy atom. The maximum Gasteiger partial charge on any atom is 0.496 e. The summed E-state index contributed by atoms with van der Waals surface area (Å²) in [6.45, 7) is 13.8. The van der Waals surface area contributed by atoms with Gasteiger partial charge in [0.2, 0.25) is 0 Å². The number of esters is 2. The highest BCUT2D eigenvalue weighted by atomic mass is 79.9. The molecule has 13 heteroatoms. The highest BCUT2D eigenvalue weighted by Gasteiger charge is 2.52. The zero-order valence-electron chi connectivity index (χ0n) is 27.5. The largest absolute Gasteiger partial charge is 0.496 e. The molecule has 0 saturated carbocycles. The molecule has 0 unspecified atom stereocenters. The molecule has 0 spiro atoms. The molecule has 1 aromatic heterocycles. The van der Waals surface area contributed by atoms with Gasteiger partial charge in [-0.1, -0.05) is 6.08 Å². The summed E-state index contributed by atoms with van der Waals surface area (Å²) in [4.78, 5) is 26.8. The van der Waals surface area contributed by atoms with Gasteiger partial charge in [-0.15, -0.1) is 0 Å². The summed E-state index contributed by atoms with van der Waals surface area (Å²) in [5.41, 5.74) is 3.29. The minimum Gasteiger partial charge on any atom is -0.493 e. The van der Waals surface area contributed by atoms with Crippen LogP contribution in [0.2, 0.25) is 0 Å². The molecule has 11 nitrogen and oxygen atoms in total. The second-order valence-corrected chi connectivity index (χ2v) is 11.8. The number of carbonyl (C=O) groups is 2. The van der Waals surface area contributed by atoms with Crippen LogP contribution in [0.5, 0.6) is 11.5 Å². The first-order chi connectivity index (χ1) is 21.9. The molecule has 3 heterocycles. The number of ether oxygens (including phenoxy) is 4. The van der Waals surface area contributed by atoms with Crippen molar-refractivity contribution in [2.45, 2.75) is 52.7 Å². The lowest BCUT2D eigenvalue weighted by atomic mass is 9.79. The van der Waals surface area contributed by atoms with E-state index in [2.05, 4.69) is 68.3 Å². The van der Waals surface area contributed by atoms with Gasteiger partial charge in [0, 0.05) is 23.5 Å². The Morgan fingerprint density at radius 2 is 1.48 bits per heavy atom. The number of aromatic nitrogens is 2. The molecule has 1 N–H and O–H groups in total. The second kappa shape index (κ2) is 16.6. The van der Waals surface area contributed by atoms with Gasteiger partial charge in [-0.05, 0) is 99.3 Å². The normalized spacial score (nSPS) is 15.5. The molecule has 2 aliphatic rings. The predicted octanol–water partition coefficient (Wildman–Crippen LogP) is 6.53. The van der Waals surface area contributed by atoms with E-state index in [-0.39, 0.29) is 30.3 Å². The van der Waals surface area contributed by atoms with Crippen LogP contribution >= 0.6 is 15.9 Å². The maximum absolute atomic E-state index is 11.5. The lowest BCUT2D eigenvalue weighted by Gasteiger charge is -2.32. The van der Waals surface area contributed by atoms with E-state index in [0.717, 1.165) is 27.6 Å². The van der Waals surface area contributed by atoms with Gasteiger partial charge in [-0.2, -0.15) is 5.10 Å². The third-order valence-electron chi connectivity index (χ3n) is 7.36. The maximum atomic E-state index is 11.5. The number of benzene rings is 2. The Balaban J connectivity index is 0.000000190. The number of methoxy groups -OCH3 is 2. The van der Waals surface area contributed by atoms with Gasteiger partial charge < -0.3 is 28.3 Å². The van der Waals surface area contributed by atoms with Gasteiger partial charge in [0.1, 0.15) is 11.5 Å². The van der Waals surface area contributed by atoms with E-state index < -0.39 is 0 Å². The van der Waals surface area contributed by atoms with Crippen LogP contribution < -0.4 is 9.47 Å². The van der Waals surface area contributed by atoms with Gasteiger partial charge >= 0.3 is 19.1 Å². The van der Waals surface area contributed by atoms with E-state index >= 15 is 0 Å². The number of H-pyrrole nitrogens is 1. The third kappa shape index (κ3) is 9.30. The summed E-state index contributed by atoms with van der Waals surface area (Å²) in [6, 6.07) is 10.3. The Bertz CT molecular complexity index is 1520. The van der Waals surface area contributed by atoms with Gasteiger partial charge in [-0.3, -0.25) is 10.1 Å². The van der Waals surface area contributed by atoms with Gasteiger partial charge in [-0.25, -0.2) is 9.59 Å². The monoisotopic (exact) mass is 697 g/mol. The summed E-state index contributed by atoms with van der Waals surface area (Å²) in [5, 5.41) is 6.65. The standard InChI is InChI=1S/C13H14N2O3.C10H16BNO2.C10H11BrO3/c1-3-18-12-6-9(13(16)17-2)4-5-11(12)10-7-14-15-8-10;1-9(2)10(3,4)14-11(13-9)8-5-6-12-7-8;1-3-14-9-6-7(10(12)13-2)4-5-8(9)11/h4-8H,3H2,1-2H3,(H,14,15);5,7H,6H2,1-4H3;4-6H,3H2,1-2H3. The smallest absolute Gasteiger partial charge is 0.493 e. The van der Waals surface area contributed by atoms with E-state index in [1.165, 1.54) is 14.2 Å². The molecule has 246 valence electrons. The fourth-order valence-electron chi connectivity index (χ4n) is 4.20. The van der Waals surface area contributed by atoms with Crippen LogP contribution in [-0.4, -0.2) is 80.6 Å². The minimum absolute atomic E-state index is 0.244. The van der Waals surface area contributed by atoms with E-state index in [9.17, 15) is 9.59 Å². The number of nitrogens with zero attached hydrogens (tertiary/aromatic N) is 2. The number of carbonyl (C=O) groups excluding carboxylic acids is 2. The van der Waals surface area contributed by atoms with Crippen molar-refractivity contribution in [2.24, 2.45) is 4.99 Å². The molecule has 3 aromatic rings. The molecule has 0 radical (unpaired) electrons. The van der Waals surface area contributed by atoms with Crippen LogP contribution in [0, 0.1) is 0 Å². The molecule has 0 atom stereocenters. The molecule has 0 amide bonds. The Labute approximate surface area is 278 Å². The molecular formula is C33H41BBrN3O8. The van der Waals surface area contributed by atoms with Crippen LogP contribution in [0.15, 0.2) is 69.8 Å². The van der Waals surface area contributed by atoms with Crippen molar-refractivity contribution in [2.75, 3.05) is 34.0 Å². The number of allylic oxidation sites excluding steroid dienone is 1. The van der Waals surface area contributed by atoms with E-state index in [1.807, 2.05) is 32.2 Å². The average molecular weight is 698 g/mol. The number of aliphatic imine (C=N–C) groups is 1. The van der Waals surface area contributed by atoms with Crippen molar-refractivity contribution in [1.29, 1.82) is 0 Å². The van der Waals surface area contributed by atoms with E-state index in [4.69, 9.17) is 18.8 Å². The number of aromatic amines is 1. The topological polar surface area (TPSA) is 131 Å². The number of nitrogens with one attached hydrogen (secondary N) is 1. The van der Waals surface area contributed by atoms with E-state index in [0.29, 0.717) is 35.8 Å². The SMILES string of the molecule is CC1(C)OB(C2=CCN=C2)OC1(C)C.CCOc1cc(C(=O)OC)ccc1-c1cn[nH]c1.CCOc1cc(C(=O)OC)ccc1Br. The fraction of sp³-hybridized carbons (Fsp3) is 0.394. The van der Waals surface area contributed by atoms with Crippen molar-refractivity contribution in [3.63, 3.8) is 0 Å². The first kappa shape index (κ1) is 36.5. The first-order valence-electron chi connectivity index (χ1n) is 14.8. The predicted molar refractivity (Wildman–Crippen MR) is 181 cm³/mol. The molecule has 0 bridgehead atoms. The number of halogens is 1. The average Bonchev–Trinajstić information content (AvgIpc) is 3.80. The molecule has 1 fully saturated rings. The van der Waals surface area contributed by atoms with Crippen molar-refractivity contribution in [1.82, 2.24) is 10.2 Å². The van der Waals surface area contributed by atoms with Crippen LogP contribution in [0.3, 0.4) is 0 Å². The molecule has 2 aliphatic heterocycles. The lowest BCUT2D eigenvalue weighted by Crippen LogP contribution is -2.41. The summed E-state index contributed by atoms with van der Waals surface area (Å²) in [5.74, 6) is 0.547. The Kier molecular flexibility index (Phi) is 13.2. The summed E-state index contributed by atoms with van der Waals surface area (Å²) in [7, 11) is 2.46. The number of rotatable bonds is 8. The molecule has 1 saturated heterocycles. The molecular weight excluding hydrogens is 657 g/mol. The van der Waals surface area contributed by atoms with Crippen molar-refractivity contribution in [3.8, 4) is 22.6 Å². The Hall–Kier alpha value is -3.94. The van der Waals surface area contributed by atoms with Gasteiger partial charge in [0.15, 0.2) is 0 Å². The van der Waals surface area contributed by atoms with Crippen LogP contribution in [0.4, 0.5) is 0 Å². The zero-order chi connectivity index (χ0) is 33.9. The summed E-state index contributed by atoms with van der Waals surface area (Å²) < 4.78 is 32.7. The molecule has 2 aromatic carbocycles. The molecule has 0 aliphatic carbocycles. The third-order valence-corrected chi connectivity index (χ3v) is 8.02. The highest BCUT2D eigenvalue weighted by Crippen LogP contribution is 2.38.